The highest BCUT2D eigenvalue weighted by atomic mass is 19.1. The lowest BCUT2D eigenvalue weighted by Gasteiger charge is -2.47. The third kappa shape index (κ3) is 3.91. The highest BCUT2D eigenvalue weighted by Crippen LogP contribution is 2.30. The molecule has 3 N–H and O–H groups in total. The minimum absolute atomic E-state index is 0.187. The van der Waals surface area contributed by atoms with Crippen molar-refractivity contribution in [1.29, 1.82) is 0 Å². The number of ether oxygens (including phenoxy) is 1. The SMILES string of the molecule is Cc1c(F)cccc1Cc1c(CN2CC(C3CCN3)C2)nc2c(N)cc(N3CCOCC3)nn12. The maximum Gasteiger partial charge on any atom is 0.177 e. The number of rotatable bonds is 6. The smallest absolute Gasteiger partial charge is 0.177 e. The van der Waals surface area contributed by atoms with Crippen LogP contribution in [0.4, 0.5) is 15.9 Å². The number of nitrogen functional groups attached to an aromatic ring is 1. The number of nitrogens with zero attached hydrogens (tertiary/aromatic N) is 5. The van der Waals surface area contributed by atoms with Crippen LogP contribution in [0.3, 0.4) is 0 Å². The van der Waals surface area contributed by atoms with E-state index in [1.54, 1.807) is 6.07 Å². The van der Waals surface area contributed by atoms with E-state index in [1.165, 1.54) is 12.5 Å². The summed E-state index contributed by atoms with van der Waals surface area (Å²) in [7, 11) is 0. The Kier molecular flexibility index (Phi) is 5.63. The van der Waals surface area contributed by atoms with Gasteiger partial charge in [-0.3, -0.25) is 4.90 Å². The number of benzene rings is 1. The molecule has 0 amide bonds. The summed E-state index contributed by atoms with van der Waals surface area (Å²) in [6.07, 6.45) is 1.84. The molecular formula is C25H32FN7O. The summed E-state index contributed by atoms with van der Waals surface area (Å²) in [6.45, 7) is 8.79. The van der Waals surface area contributed by atoms with Gasteiger partial charge in [-0.15, -0.1) is 5.10 Å². The van der Waals surface area contributed by atoms with E-state index in [-0.39, 0.29) is 5.82 Å². The standard InChI is InChI=1S/C25H32FN7O/c1-16-17(3-2-4-19(16)26)11-23-22(15-31-13-18(14-31)21-5-6-28-21)29-25-20(27)12-24(30-33(23)25)32-7-9-34-10-8-32/h2-4,12,18,21,28H,5-11,13-15,27H2,1H3. The molecule has 1 aromatic carbocycles. The van der Waals surface area contributed by atoms with Crippen LogP contribution in [-0.4, -0.2) is 71.5 Å². The van der Waals surface area contributed by atoms with Gasteiger partial charge in [0.05, 0.1) is 30.3 Å². The molecule has 6 rings (SSSR count). The molecular weight excluding hydrogens is 433 g/mol. The van der Waals surface area contributed by atoms with E-state index in [4.69, 9.17) is 20.6 Å². The molecule has 0 bridgehead atoms. The second-order valence-electron chi connectivity index (χ2n) is 9.80. The molecule has 1 unspecified atom stereocenters. The highest BCUT2D eigenvalue weighted by Gasteiger charge is 2.36. The van der Waals surface area contributed by atoms with Gasteiger partial charge in [0.1, 0.15) is 5.82 Å². The van der Waals surface area contributed by atoms with Gasteiger partial charge in [0.15, 0.2) is 11.5 Å². The lowest BCUT2D eigenvalue weighted by Crippen LogP contribution is -2.60. The van der Waals surface area contributed by atoms with Gasteiger partial charge in [0.2, 0.25) is 0 Å². The molecule has 5 heterocycles. The lowest BCUT2D eigenvalue weighted by molar-refractivity contribution is 0.0440. The number of morpholine rings is 1. The number of anilines is 2. The summed E-state index contributed by atoms with van der Waals surface area (Å²) in [6, 6.07) is 7.85. The summed E-state index contributed by atoms with van der Waals surface area (Å²) in [4.78, 5) is 9.59. The van der Waals surface area contributed by atoms with Gasteiger partial charge in [-0.25, -0.2) is 13.9 Å². The van der Waals surface area contributed by atoms with Crippen LogP contribution in [0.5, 0.6) is 0 Å². The molecule has 3 aromatic rings. The Balaban J connectivity index is 1.36. The number of hydrogen-bond acceptors (Lipinski definition) is 7. The van der Waals surface area contributed by atoms with Gasteiger partial charge in [0.25, 0.3) is 0 Å². The Morgan fingerprint density at radius 2 is 2.03 bits per heavy atom. The normalized spacial score (nSPS) is 21.6. The fourth-order valence-electron chi connectivity index (χ4n) is 5.31. The number of likely N-dealkylation sites (tertiary alicyclic amines) is 1. The van der Waals surface area contributed by atoms with E-state index in [9.17, 15) is 4.39 Å². The van der Waals surface area contributed by atoms with Gasteiger partial charge in [-0.05, 0) is 43.0 Å². The second-order valence-corrected chi connectivity index (χ2v) is 9.80. The van der Waals surface area contributed by atoms with Crippen LogP contribution in [0.25, 0.3) is 5.65 Å². The average Bonchev–Trinajstić information content (AvgIpc) is 3.12. The monoisotopic (exact) mass is 465 g/mol. The Labute approximate surface area is 198 Å². The van der Waals surface area contributed by atoms with E-state index in [0.717, 1.165) is 68.0 Å². The van der Waals surface area contributed by atoms with Crippen molar-refractivity contribution < 1.29 is 9.13 Å². The fourth-order valence-corrected chi connectivity index (χ4v) is 5.31. The first-order valence-corrected chi connectivity index (χ1v) is 12.3. The number of nitrogens with two attached hydrogens (primary N) is 1. The van der Waals surface area contributed by atoms with Gasteiger partial charge in [-0.2, -0.15) is 0 Å². The number of imidazole rings is 1. The molecule has 3 aliphatic rings. The third-order valence-electron chi connectivity index (χ3n) is 7.64. The molecule has 34 heavy (non-hydrogen) atoms. The summed E-state index contributed by atoms with van der Waals surface area (Å²) in [5, 5.41) is 8.50. The summed E-state index contributed by atoms with van der Waals surface area (Å²) in [5.74, 6) is 1.36. The quantitative estimate of drug-likeness (QED) is 0.576. The van der Waals surface area contributed by atoms with Gasteiger partial charge < -0.3 is 20.7 Å². The van der Waals surface area contributed by atoms with Gasteiger partial charge in [-0.1, -0.05) is 12.1 Å². The molecule has 0 aliphatic carbocycles. The van der Waals surface area contributed by atoms with Crippen LogP contribution in [0.1, 0.15) is 28.9 Å². The van der Waals surface area contributed by atoms with Crippen LogP contribution in [-0.2, 0) is 17.7 Å². The number of aromatic nitrogens is 3. The van der Waals surface area contributed by atoms with Crippen molar-refractivity contribution in [3.63, 3.8) is 0 Å². The maximum absolute atomic E-state index is 14.3. The first-order valence-electron chi connectivity index (χ1n) is 12.3. The zero-order valence-electron chi connectivity index (χ0n) is 19.6. The van der Waals surface area contributed by atoms with E-state index in [1.807, 2.05) is 23.6 Å². The number of hydrogen-bond donors (Lipinski definition) is 2. The molecule has 1 atom stereocenters. The van der Waals surface area contributed by atoms with Crippen molar-refractivity contribution in [1.82, 2.24) is 24.8 Å². The predicted molar refractivity (Wildman–Crippen MR) is 130 cm³/mol. The summed E-state index contributed by atoms with van der Waals surface area (Å²) >= 11 is 0. The molecule has 180 valence electrons. The lowest BCUT2D eigenvalue weighted by atomic mass is 9.85. The van der Waals surface area contributed by atoms with Gasteiger partial charge >= 0.3 is 0 Å². The predicted octanol–water partition coefficient (Wildman–Crippen LogP) is 1.98. The number of nitrogens with one attached hydrogen (secondary N) is 1. The van der Waals surface area contributed by atoms with Gasteiger partial charge in [0, 0.05) is 51.3 Å². The van der Waals surface area contributed by atoms with Crippen LogP contribution in [0, 0.1) is 18.7 Å². The molecule has 3 aliphatic heterocycles. The zero-order chi connectivity index (χ0) is 23.2. The van der Waals surface area contributed by atoms with Crippen molar-refractivity contribution in [3.8, 4) is 0 Å². The molecule has 3 fully saturated rings. The van der Waals surface area contributed by atoms with Crippen LogP contribution in [0.2, 0.25) is 0 Å². The Morgan fingerprint density at radius 1 is 1.24 bits per heavy atom. The average molecular weight is 466 g/mol. The largest absolute Gasteiger partial charge is 0.396 e. The Morgan fingerprint density at radius 3 is 2.76 bits per heavy atom. The minimum atomic E-state index is -0.187. The molecule has 8 nitrogen and oxygen atoms in total. The molecule has 2 aromatic heterocycles. The van der Waals surface area contributed by atoms with E-state index < -0.39 is 0 Å². The van der Waals surface area contributed by atoms with Crippen molar-refractivity contribution in [2.24, 2.45) is 5.92 Å². The van der Waals surface area contributed by atoms with Crippen molar-refractivity contribution in [2.45, 2.75) is 32.4 Å². The third-order valence-corrected chi connectivity index (χ3v) is 7.64. The zero-order valence-corrected chi connectivity index (χ0v) is 19.6. The highest BCUT2D eigenvalue weighted by molar-refractivity contribution is 5.69. The number of fused-ring (bicyclic) bond motifs is 1. The molecule has 0 saturated carbocycles. The Bertz CT molecular complexity index is 1200. The summed E-state index contributed by atoms with van der Waals surface area (Å²) < 4.78 is 21.7. The van der Waals surface area contributed by atoms with Crippen LogP contribution in [0.15, 0.2) is 24.3 Å². The fraction of sp³-hybridized carbons (Fsp3) is 0.520. The molecule has 9 heteroatoms. The molecule has 0 spiro atoms. The van der Waals surface area contributed by atoms with E-state index >= 15 is 0 Å². The van der Waals surface area contributed by atoms with Crippen LogP contribution < -0.4 is 16.0 Å². The maximum atomic E-state index is 14.3. The summed E-state index contributed by atoms with van der Waals surface area (Å²) in [5.41, 5.74) is 11.3. The molecule has 0 radical (unpaired) electrons. The van der Waals surface area contributed by atoms with Crippen molar-refractivity contribution >= 4 is 17.2 Å². The van der Waals surface area contributed by atoms with Crippen molar-refractivity contribution in [3.05, 3.63) is 52.6 Å². The minimum Gasteiger partial charge on any atom is -0.396 e. The Hall–Kier alpha value is -2.75. The van der Waals surface area contributed by atoms with Crippen molar-refractivity contribution in [2.75, 3.05) is 56.6 Å². The topological polar surface area (TPSA) is 84.0 Å². The second kappa shape index (κ2) is 8.79. The van der Waals surface area contributed by atoms with E-state index in [0.29, 0.717) is 42.6 Å². The first-order chi connectivity index (χ1) is 16.6. The van der Waals surface area contributed by atoms with E-state index in [2.05, 4.69) is 15.1 Å². The molecule has 3 saturated heterocycles. The van der Waals surface area contributed by atoms with Crippen LogP contribution >= 0.6 is 0 Å². The first kappa shape index (κ1) is 21.8. The number of halogens is 1.